The number of rotatable bonds is 5. The van der Waals surface area contributed by atoms with Gasteiger partial charge in [0.15, 0.2) is 5.82 Å². The summed E-state index contributed by atoms with van der Waals surface area (Å²) in [4.78, 5) is 7.18. The highest BCUT2D eigenvalue weighted by atomic mass is 19.4. The number of aromatic nitrogens is 4. The molecule has 0 spiro atoms. The van der Waals surface area contributed by atoms with Crippen LogP contribution in [0.1, 0.15) is 23.5 Å². The maximum absolute atomic E-state index is 13.0. The van der Waals surface area contributed by atoms with Gasteiger partial charge in [0.2, 0.25) is 5.82 Å². The monoisotopic (exact) mass is 361 g/mol. The molecule has 0 aliphatic rings. The molecule has 0 fully saturated rings. The van der Waals surface area contributed by atoms with Gasteiger partial charge in [-0.1, -0.05) is 12.1 Å². The van der Waals surface area contributed by atoms with Crippen molar-refractivity contribution in [3.05, 3.63) is 41.3 Å². The first-order valence-electron chi connectivity index (χ1n) is 7.71. The van der Waals surface area contributed by atoms with Gasteiger partial charge in [0, 0.05) is 11.9 Å². The van der Waals surface area contributed by atoms with Crippen LogP contribution in [-0.2, 0) is 12.6 Å². The molecule has 3 rings (SSSR count). The molecule has 26 heavy (non-hydrogen) atoms. The Hall–Kier alpha value is -3.35. The lowest BCUT2D eigenvalue weighted by atomic mass is 10.1. The van der Waals surface area contributed by atoms with Gasteiger partial charge in [-0.3, -0.25) is 5.10 Å². The van der Waals surface area contributed by atoms with E-state index < -0.39 is 12.0 Å². The summed E-state index contributed by atoms with van der Waals surface area (Å²) >= 11 is 0. The molecule has 1 aromatic carbocycles. The van der Waals surface area contributed by atoms with Crippen LogP contribution in [0.4, 0.5) is 24.8 Å². The summed E-state index contributed by atoms with van der Waals surface area (Å²) in [5.41, 5.74) is 6.66. The normalized spacial score (nSPS) is 11.5. The third kappa shape index (κ3) is 3.51. The molecule has 0 radical (unpaired) electrons. The number of H-pyrrole nitrogens is 1. The number of nitrogens with zero attached hydrogens (tertiary/aromatic N) is 4. The molecular weight excluding hydrogens is 347 g/mol. The second kappa shape index (κ2) is 6.87. The Bertz CT molecular complexity index is 972. The van der Waals surface area contributed by atoms with Gasteiger partial charge in [0.1, 0.15) is 17.5 Å². The van der Waals surface area contributed by atoms with Crippen LogP contribution in [0.5, 0.6) is 0 Å². The highest BCUT2D eigenvalue weighted by molar-refractivity contribution is 5.89. The lowest BCUT2D eigenvalue weighted by molar-refractivity contribution is -0.144. The Morgan fingerprint density at radius 3 is 2.73 bits per heavy atom. The average Bonchev–Trinajstić information content (AvgIpc) is 2.97. The predicted molar refractivity (Wildman–Crippen MR) is 89.1 cm³/mol. The molecular formula is C16H14F3N7. The third-order valence-electron chi connectivity index (χ3n) is 3.73. The van der Waals surface area contributed by atoms with Crippen LogP contribution in [0.15, 0.2) is 24.3 Å². The van der Waals surface area contributed by atoms with Crippen LogP contribution < -0.4 is 11.1 Å². The van der Waals surface area contributed by atoms with E-state index in [0.717, 1.165) is 0 Å². The maximum atomic E-state index is 13.0. The summed E-state index contributed by atoms with van der Waals surface area (Å²) in [6.45, 7) is 0.349. The quantitative estimate of drug-likeness (QED) is 0.602. The van der Waals surface area contributed by atoms with Crippen molar-refractivity contribution in [1.82, 2.24) is 20.2 Å². The smallest absolute Gasteiger partial charge is 0.381 e. The second-order valence-corrected chi connectivity index (χ2v) is 5.52. The van der Waals surface area contributed by atoms with Gasteiger partial charge in [0.25, 0.3) is 0 Å². The number of fused-ring (bicyclic) bond motifs is 1. The first kappa shape index (κ1) is 17.5. The van der Waals surface area contributed by atoms with E-state index in [1.54, 1.807) is 18.2 Å². The van der Waals surface area contributed by atoms with Crippen LogP contribution >= 0.6 is 0 Å². The standard InChI is InChI=1S/C16H14F3N7/c17-16(18,19)15-23-11-5-2-1-4-9(11)14(24-15)22-7-3-6-12-10(8-20)13(21)26-25-12/h1-2,4-5H,3,6-7H2,(H3,21,25,26)(H,22,23,24). The molecule has 2 aromatic heterocycles. The van der Waals surface area contributed by atoms with Crippen molar-refractivity contribution >= 4 is 22.5 Å². The summed E-state index contributed by atoms with van der Waals surface area (Å²) in [5, 5.41) is 18.9. The van der Waals surface area contributed by atoms with Gasteiger partial charge < -0.3 is 11.1 Å². The van der Waals surface area contributed by atoms with Crippen LogP contribution in [0.2, 0.25) is 0 Å². The molecule has 10 heteroatoms. The molecule has 0 amide bonds. The van der Waals surface area contributed by atoms with E-state index in [2.05, 4.69) is 25.5 Å². The minimum absolute atomic E-state index is 0.118. The summed E-state index contributed by atoms with van der Waals surface area (Å²) in [6.07, 6.45) is -3.62. The van der Waals surface area contributed by atoms with Crippen molar-refractivity contribution in [3.63, 3.8) is 0 Å². The Morgan fingerprint density at radius 2 is 2.00 bits per heavy atom. The molecule has 0 aliphatic carbocycles. The van der Waals surface area contributed by atoms with Gasteiger partial charge in [-0.25, -0.2) is 9.97 Å². The number of alkyl halides is 3. The van der Waals surface area contributed by atoms with E-state index in [-0.39, 0.29) is 22.7 Å². The summed E-state index contributed by atoms with van der Waals surface area (Å²) in [6, 6.07) is 8.45. The number of anilines is 2. The summed E-state index contributed by atoms with van der Waals surface area (Å²) in [5.74, 6) is -0.938. The molecule has 0 aliphatic heterocycles. The number of nitrogen functional groups attached to an aromatic ring is 1. The lowest BCUT2D eigenvalue weighted by Crippen LogP contribution is -2.14. The first-order valence-corrected chi connectivity index (χ1v) is 7.71. The number of hydrogen-bond donors (Lipinski definition) is 3. The highest BCUT2D eigenvalue weighted by Crippen LogP contribution is 2.30. The van der Waals surface area contributed by atoms with Crippen LogP contribution in [0.3, 0.4) is 0 Å². The highest BCUT2D eigenvalue weighted by Gasteiger charge is 2.35. The van der Waals surface area contributed by atoms with Crippen molar-refractivity contribution in [3.8, 4) is 6.07 Å². The fourth-order valence-electron chi connectivity index (χ4n) is 2.51. The van der Waals surface area contributed by atoms with E-state index in [0.29, 0.717) is 30.5 Å². The molecule has 0 bridgehead atoms. The summed E-state index contributed by atoms with van der Waals surface area (Å²) in [7, 11) is 0. The number of nitrogens with two attached hydrogens (primary N) is 1. The average molecular weight is 361 g/mol. The van der Waals surface area contributed by atoms with Gasteiger partial charge in [-0.05, 0) is 25.0 Å². The van der Waals surface area contributed by atoms with Crippen molar-refractivity contribution in [1.29, 1.82) is 5.26 Å². The summed E-state index contributed by atoms with van der Waals surface area (Å²) < 4.78 is 39.0. The Kier molecular flexibility index (Phi) is 4.62. The largest absolute Gasteiger partial charge is 0.451 e. The Labute approximate surface area is 146 Å². The molecule has 3 aromatic rings. The number of nitriles is 1. The van der Waals surface area contributed by atoms with Crippen molar-refractivity contribution < 1.29 is 13.2 Å². The van der Waals surface area contributed by atoms with E-state index in [1.807, 2.05) is 6.07 Å². The molecule has 0 saturated heterocycles. The molecule has 134 valence electrons. The number of benzene rings is 1. The zero-order chi connectivity index (χ0) is 18.7. The zero-order valence-corrected chi connectivity index (χ0v) is 13.4. The van der Waals surface area contributed by atoms with Crippen LogP contribution in [-0.4, -0.2) is 26.7 Å². The molecule has 2 heterocycles. The molecule has 0 saturated carbocycles. The van der Waals surface area contributed by atoms with Crippen molar-refractivity contribution in [2.24, 2.45) is 0 Å². The number of aromatic amines is 1. The van der Waals surface area contributed by atoms with Gasteiger partial charge in [-0.2, -0.15) is 23.5 Å². The molecule has 0 atom stereocenters. The van der Waals surface area contributed by atoms with Crippen LogP contribution in [0, 0.1) is 11.3 Å². The van der Waals surface area contributed by atoms with Crippen molar-refractivity contribution in [2.45, 2.75) is 19.0 Å². The fraction of sp³-hybridized carbons (Fsp3) is 0.250. The van der Waals surface area contributed by atoms with Crippen LogP contribution in [0.25, 0.3) is 10.9 Å². The molecule has 0 unspecified atom stereocenters. The Balaban J connectivity index is 1.75. The van der Waals surface area contributed by atoms with E-state index >= 15 is 0 Å². The van der Waals surface area contributed by atoms with E-state index in [1.165, 1.54) is 6.07 Å². The minimum atomic E-state index is -4.63. The number of hydrogen-bond acceptors (Lipinski definition) is 6. The Morgan fingerprint density at radius 1 is 1.23 bits per heavy atom. The second-order valence-electron chi connectivity index (χ2n) is 5.52. The first-order chi connectivity index (χ1) is 12.4. The number of para-hydroxylation sites is 1. The minimum Gasteiger partial charge on any atom is -0.381 e. The molecule has 7 nitrogen and oxygen atoms in total. The topological polar surface area (TPSA) is 116 Å². The van der Waals surface area contributed by atoms with Gasteiger partial charge in [0.05, 0.1) is 11.2 Å². The lowest BCUT2D eigenvalue weighted by Gasteiger charge is -2.12. The fourth-order valence-corrected chi connectivity index (χ4v) is 2.51. The maximum Gasteiger partial charge on any atom is 0.451 e. The number of aryl methyl sites for hydroxylation is 1. The van der Waals surface area contributed by atoms with E-state index in [4.69, 9.17) is 11.0 Å². The zero-order valence-electron chi connectivity index (χ0n) is 13.4. The van der Waals surface area contributed by atoms with E-state index in [9.17, 15) is 13.2 Å². The SMILES string of the molecule is N#Cc1c(N)n[nH]c1CCCNc1nc(C(F)(F)F)nc2ccccc12. The predicted octanol–water partition coefficient (Wildman–Crippen LogP) is 2.87. The van der Waals surface area contributed by atoms with Gasteiger partial charge >= 0.3 is 6.18 Å². The van der Waals surface area contributed by atoms with Gasteiger partial charge in [-0.15, -0.1) is 0 Å². The van der Waals surface area contributed by atoms with Crippen molar-refractivity contribution in [2.75, 3.05) is 17.6 Å². The number of halogens is 3. The third-order valence-corrected chi connectivity index (χ3v) is 3.73. The number of nitrogens with one attached hydrogen (secondary N) is 2. The molecule has 4 N–H and O–H groups in total.